The van der Waals surface area contributed by atoms with E-state index in [1.807, 2.05) is 30.3 Å². The zero-order valence-corrected chi connectivity index (χ0v) is 16.6. The van der Waals surface area contributed by atoms with Gasteiger partial charge in [0.1, 0.15) is 11.3 Å². The van der Waals surface area contributed by atoms with E-state index in [2.05, 4.69) is 14.4 Å². The van der Waals surface area contributed by atoms with Crippen LogP contribution in [0.4, 0.5) is 13.2 Å². The molecule has 1 atom stereocenters. The normalized spacial score (nSPS) is 13.1. The van der Waals surface area contributed by atoms with Crippen molar-refractivity contribution in [1.82, 2.24) is 14.6 Å². The molecule has 3 heterocycles. The number of furan rings is 1. The van der Waals surface area contributed by atoms with Gasteiger partial charge < -0.3 is 9.15 Å². The Morgan fingerprint density at radius 3 is 2.81 bits per heavy atom. The molecule has 1 unspecified atom stereocenters. The van der Waals surface area contributed by atoms with Crippen molar-refractivity contribution in [3.63, 3.8) is 0 Å². The molecule has 0 N–H and O–H groups in total. The number of imidazole rings is 1. The van der Waals surface area contributed by atoms with E-state index in [1.54, 1.807) is 22.8 Å². The summed E-state index contributed by atoms with van der Waals surface area (Å²) in [6.07, 6.45) is -3.37. The van der Waals surface area contributed by atoms with E-state index in [9.17, 15) is 22.2 Å². The SMILES string of the molecule is O=C(/N=[SH](=O)/CCCOc1ccc2ncc(-c3cc4ccccc4o3)n2n1)C(F)(F)F. The predicted octanol–water partition coefficient (Wildman–Crippen LogP) is 3.66. The van der Waals surface area contributed by atoms with Crippen LogP contribution in [0.15, 0.2) is 57.4 Å². The molecule has 162 valence electrons. The van der Waals surface area contributed by atoms with Crippen LogP contribution in [0.5, 0.6) is 5.88 Å². The summed E-state index contributed by atoms with van der Waals surface area (Å²) in [7, 11) is -2.65. The van der Waals surface area contributed by atoms with Crippen molar-refractivity contribution in [2.75, 3.05) is 12.4 Å². The van der Waals surface area contributed by atoms with Crippen LogP contribution in [0.25, 0.3) is 28.1 Å². The van der Waals surface area contributed by atoms with Gasteiger partial charge in [-0.15, -0.1) is 5.10 Å². The fourth-order valence-corrected chi connectivity index (χ4v) is 3.61. The van der Waals surface area contributed by atoms with Crippen LogP contribution in [0, 0.1) is 0 Å². The standard InChI is InChI=1S/C19H15F3N4O4S/c20-19(21,22)18(27)25-31(28)9-3-8-29-17-7-6-16-23-11-13(26(16)24-17)15-10-12-4-1-2-5-14(12)30-15/h1-2,4-7,10-11,31H,3,8-9H2. The van der Waals surface area contributed by atoms with Crippen molar-refractivity contribution >= 4 is 33.1 Å². The van der Waals surface area contributed by atoms with Crippen molar-refractivity contribution in [1.29, 1.82) is 0 Å². The van der Waals surface area contributed by atoms with Crippen molar-refractivity contribution in [2.24, 2.45) is 4.36 Å². The molecule has 31 heavy (non-hydrogen) atoms. The lowest BCUT2D eigenvalue weighted by Crippen LogP contribution is -2.20. The first-order chi connectivity index (χ1) is 14.8. The number of hydrogen-bond donors (Lipinski definition) is 1. The molecule has 0 saturated carbocycles. The highest BCUT2D eigenvalue weighted by molar-refractivity contribution is 7.75. The van der Waals surface area contributed by atoms with E-state index in [1.165, 1.54) is 0 Å². The average Bonchev–Trinajstić information content (AvgIpc) is 3.33. The number of carbonyl (C=O) groups is 1. The maximum Gasteiger partial charge on any atom is 0.474 e. The van der Waals surface area contributed by atoms with Gasteiger partial charge in [-0.25, -0.2) is 9.50 Å². The predicted molar refractivity (Wildman–Crippen MR) is 106 cm³/mol. The Morgan fingerprint density at radius 2 is 2.03 bits per heavy atom. The van der Waals surface area contributed by atoms with E-state index in [4.69, 9.17) is 9.15 Å². The lowest BCUT2D eigenvalue weighted by atomic mass is 10.2. The number of halogens is 3. The molecule has 1 aromatic carbocycles. The number of rotatable bonds is 6. The summed E-state index contributed by atoms with van der Waals surface area (Å²) in [5, 5.41) is 5.29. The number of benzene rings is 1. The minimum Gasteiger partial charge on any atom is -0.477 e. The molecular formula is C19H15F3N4O4S. The van der Waals surface area contributed by atoms with Crippen LogP contribution in [0.2, 0.25) is 0 Å². The van der Waals surface area contributed by atoms with Crippen LogP contribution in [-0.4, -0.2) is 43.3 Å². The molecule has 0 aliphatic heterocycles. The minimum atomic E-state index is -5.12. The highest BCUT2D eigenvalue weighted by atomic mass is 32.2. The Labute approximate surface area is 174 Å². The van der Waals surface area contributed by atoms with Crippen LogP contribution in [0.1, 0.15) is 6.42 Å². The first-order valence-corrected chi connectivity index (χ1v) is 10.4. The molecule has 0 spiro atoms. The quantitative estimate of drug-likeness (QED) is 0.354. The van der Waals surface area contributed by atoms with Gasteiger partial charge in [-0.1, -0.05) is 18.2 Å². The van der Waals surface area contributed by atoms with Crippen LogP contribution < -0.4 is 4.74 Å². The van der Waals surface area contributed by atoms with Crippen molar-refractivity contribution in [2.45, 2.75) is 12.6 Å². The summed E-state index contributed by atoms with van der Waals surface area (Å²) >= 11 is 0. The van der Waals surface area contributed by atoms with Gasteiger partial charge in [0.05, 0.1) is 12.8 Å². The number of ether oxygens (including phenoxy) is 1. The molecule has 0 aliphatic carbocycles. The van der Waals surface area contributed by atoms with E-state index in [0.29, 0.717) is 17.1 Å². The fraction of sp³-hybridized carbons (Fsp3) is 0.211. The third-order valence-corrected chi connectivity index (χ3v) is 5.31. The smallest absolute Gasteiger partial charge is 0.474 e. The van der Waals surface area contributed by atoms with Gasteiger partial charge in [-0.2, -0.15) is 17.5 Å². The molecule has 4 aromatic rings. The second kappa shape index (κ2) is 8.38. The van der Waals surface area contributed by atoms with Gasteiger partial charge in [0.2, 0.25) is 5.88 Å². The van der Waals surface area contributed by atoms with Crippen LogP contribution in [0.3, 0.4) is 0 Å². The Kier molecular flexibility index (Phi) is 5.63. The zero-order chi connectivity index (χ0) is 22.0. The van der Waals surface area contributed by atoms with Crippen LogP contribution >= 0.6 is 0 Å². The third-order valence-electron chi connectivity index (χ3n) is 4.20. The zero-order valence-electron chi connectivity index (χ0n) is 15.7. The second-order valence-corrected chi connectivity index (χ2v) is 7.77. The summed E-state index contributed by atoms with van der Waals surface area (Å²) in [5.41, 5.74) is 1.91. The molecule has 3 aromatic heterocycles. The molecule has 4 rings (SSSR count). The van der Waals surface area contributed by atoms with Gasteiger partial charge in [0, 0.05) is 27.8 Å². The summed E-state index contributed by atoms with van der Waals surface area (Å²) in [5.74, 6) is -1.75. The van der Waals surface area contributed by atoms with Gasteiger partial charge in [-0.3, -0.25) is 9.00 Å². The number of nitrogens with zero attached hydrogens (tertiary/aromatic N) is 4. The number of carbonyl (C=O) groups excluding carboxylic acids is 1. The molecule has 8 nitrogen and oxygen atoms in total. The number of alkyl halides is 3. The summed E-state index contributed by atoms with van der Waals surface area (Å²) in [4.78, 5) is 15.0. The number of para-hydroxylation sites is 1. The molecule has 0 bridgehead atoms. The molecule has 1 amide bonds. The summed E-state index contributed by atoms with van der Waals surface area (Å²) in [6.45, 7) is 0.0317. The highest BCUT2D eigenvalue weighted by Gasteiger charge is 2.38. The Morgan fingerprint density at radius 1 is 1.23 bits per heavy atom. The largest absolute Gasteiger partial charge is 0.477 e. The monoisotopic (exact) mass is 452 g/mol. The third kappa shape index (κ3) is 4.68. The second-order valence-electron chi connectivity index (χ2n) is 6.41. The first kappa shape index (κ1) is 20.8. The molecule has 0 fully saturated rings. The average molecular weight is 452 g/mol. The first-order valence-electron chi connectivity index (χ1n) is 9.05. The Hall–Kier alpha value is -3.41. The van der Waals surface area contributed by atoms with Gasteiger partial charge >= 0.3 is 12.1 Å². The molecule has 0 radical (unpaired) electrons. The minimum absolute atomic E-state index is 0.0317. The molecule has 12 heteroatoms. The lowest BCUT2D eigenvalue weighted by Gasteiger charge is -2.05. The van der Waals surface area contributed by atoms with E-state index in [-0.39, 0.29) is 24.7 Å². The highest BCUT2D eigenvalue weighted by Crippen LogP contribution is 2.28. The number of fused-ring (bicyclic) bond motifs is 2. The lowest BCUT2D eigenvalue weighted by molar-refractivity contribution is -0.169. The van der Waals surface area contributed by atoms with E-state index >= 15 is 0 Å². The number of hydrogen-bond acceptors (Lipinski definition) is 6. The summed E-state index contributed by atoms with van der Waals surface area (Å²) in [6, 6.07) is 12.7. The fourth-order valence-electron chi connectivity index (χ4n) is 2.79. The van der Waals surface area contributed by atoms with Gasteiger partial charge in [0.15, 0.2) is 11.4 Å². The van der Waals surface area contributed by atoms with Gasteiger partial charge in [0.25, 0.3) is 0 Å². The Balaban J connectivity index is 1.44. The number of thiol groups is 1. The summed E-state index contributed by atoms with van der Waals surface area (Å²) < 4.78 is 63.4. The van der Waals surface area contributed by atoms with E-state index in [0.717, 1.165) is 11.0 Å². The maximum absolute atomic E-state index is 12.1. The van der Waals surface area contributed by atoms with Crippen LogP contribution in [-0.2, 0) is 15.4 Å². The van der Waals surface area contributed by atoms with E-state index < -0.39 is 22.7 Å². The molecule has 0 saturated heterocycles. The molecule has 0 aliphatic rings. The van der Waals surface area contributed by atoms with Crippen molar-refractivity contribution in [3.8, 4) is 17.3 Å². The Bertz CT molecular complexity index is 1310. The molecular weight excluding hydrogens is 437 g/mol. The van der Waals surface area contributed by atoms with Crippen molar-refractivity contribution in [3.05, 3.63) is 48.7 Å². The van der Waals surface area contributed by atoms with Crippen molar-refractivity contribution < 1.29 is 31.3 Å². The van der Waals surface area contributed by atoms with Gasteiger partial charge in [-0.05, 0) is 24.6 Å². The number of amides is 1. The topological polar surface area (TPSA) is 99.1 Å². The maximum atomic E-state index is 12.1. The number of aromatic nitrogens is 3.